The second-order valence-corrected chi connectivity index (χ2v) is 5.72. The van der Waals surface area contributed by atoms with Crippen LogP contribution in [0.1, 0.15) is 5.76 Å². The molecule has 9 heteroatoms. The normalized spacial score (nSPS) is 14.0. The number of halogens is 1. The van der Waals surface area contributed by atoms with Gasteiger partial charge in [-0.2, -0.15) is 5.12 Å². The van der Waals surface area contributed by atoms with E-state index in [2.05, 4.69) is 15.6 Å². The van der Waals surface area contributed by atoms with Gasteiger partial charge in [0.05, 0.1) is 18.8 Å². The van der Waals surface area contributed by atoms with Crippen molar-refractivity contribution in [1.29, 1.82) is 0 Å². The molecule has 0 atom stereocenters. The molecule has 0 spiro atoms. The lowest BCUT2D eigenvalue weighted by atomic mass is 10.1. The van der Waals surface area contributed by atoms with Crippen molar-refractivity contribution in [2.45, 2.75) is 6.54 Å². The Balaban J connectivity index is 1.43. The van der Waals surface area contributed by atoms with Gasteiger partial charge in [0.1, 0.15) is 18.6 Å². The van der Waals surface area contributed by atoms with Crippen molar-refractivity contribution in [2.24, 2.45) is 0 Å². The number of rotatable bonds is 6. The quantitative estimate of drug-likeness (QED) is 0.651. The van der Waals surface area contributed by atoms with Crippen LogP contribution in [0, 0.1) is 0 Å². The molecule has 1 aliphatic rings. The summed E-state index contributed by atoms with van der Waals surface area (Å²) in [7, 11) is 0. The van der Waals surface area contributed by atoms with Crippen molar-refractivity contribution >= 4 is 11.5 Å². The van der Waals surface area contributed by atoms with Gasteiger partial charge in [-0.05, 0) is 12.1 Å². The van der Waals surface area contributed by atoms with E-state index in [4.69, 9.17) is 14.2 Å². The maximum absolute atomic E-state index is 13.6. The van der Waals surface area contributed by atoms with Crippen LogP contribution < -0.4 is 10.2 Å². The predicted octanol–water partition coefficient (Wildman–Crippen LogP) is 2.74. The summed E-state index contributed by atoms with van der Waals surface area (Å²) in [5.74, 6) is 1.28. The molecule has 26 heavy (non-hydrogen) atoms. The number of nitrogens with zero attached hydrogens (tertiary/aromatic N) is 4. The Labute approximate surface area is 148 Å². The summed E-state index contributed by atoms with van der Waals surface area (Å²) in [5, 5.41) is 20.5. The molecule has 0 saturated heterocycles. The van der Waals surface area contributed by atoms with Crippen LogP contribution >= 0.6 is 0 Å². The molecule has 0 saturated carbocycles. The highest BCUT2D eigenvalue weighted by atomic mass is 19.2. The van der Waals surface area contributed by atoms with Crippen molar-refractivity contribution in [3.63, 3.8) is 0 Å². The number of hydrogen-bond donors (Lipinski definition) is 2. The van der Waals surface area contributed by atoms with Crippen LogP contribution in [0.5, 0.6) is 0 Å². The maximum Gasteiger partial charge on any atom is 0.169 e. The third-order valence-corrected chi connectivity index (χ3v) is 3.99. The van der Waals surface area contributed by atoms with Gasteiger partial charge in [-0.3, -0.25) is 0 Å². The lowest BCUT2D eigenvalue weighted by Crippen LogP contribution is -2.20. The van der Waals surface area contributed by atoms with E-state index in [0.29, 0.717) is 28.9 Å². The number of aromatic nitrogens is 2. The second kappa shape index (κ2) is 6.89. The highest BCUT2D eigenvalue weighted by molar-refractivity contribution is 5.64. The van der Waals surface area contributed by atoms with Gasteiger partial charge in [-0.25, -0.2) is 0 Å². The van der Waals surface area contributed by atoms with E-state index in [1.807, 2.05) is 30.3 Å². The molecule has 3 heterocycles. The van der Waals surface area contributed by atoms with Crippen molar-refractivity contribution in [1.82, 2.24) is 15.4 Å². The smallest absolute Gasteiger partial charge is 0.169 e. The summed E-state index contributed by atoms with van der Waals surface area (Å²) in [6.07, 6.45) is 3.07. The van der Waals surface area contributed by atoms with Crippen molar-refractivity contribution in [2.75, 3.05) is 23.5 Å². The highest BCUT2D eigenvalue weighted by Gasteiger charge is 2.21. The first-order valence-electron chi connectivity index (χ1n) is 7.95. The zero-order valence-electron chi connectivity index (χ0n) is 13.7. The van der Waals surface area contributed by atoms with Crippen LogP contribution in [0.15, 0.2) is 63.6 Å². The van der Waals surface area contributed by atoms with Gasteiger partial charge in [-0.1, -0.05) is 26.9 Å². The monoisotopic (exact) mass is 357 g/mol. The molecular formula is C17H16FN5O3. The zero-order chi connectivity index (χ0) is 17.9. The van der Waals surface area contributed by atoms with Gasteiger partial charge in [0.2, 0.25) is 0 Å². The van der Waals surface area contributed by atoms with Gasteiger partial charge >= 0.3 is 0 Å². The Morgan fingerprint density at radius 1 is 1.19 bits per heavy atom. The lowest BCUT2D eigenvalue weighted by molar-refractivity contribution is 0.0686. The number of hydrogen-bond acceptors (Lipinski definition) is 8. The molecule has 0 amide bonds. The lowest BCUT2D eigenvalue weighted by Gasteiger charge is -2.16. The summed E-state index contributed by atoms with van der Waals surface area (Å²) < 4.78 is 23.6. The average Bonchev–Trinajstić information content (AvgIpc) is 3.41. The topological polar surface area (TPSA) is 90.8 Å². The predicted molar refractivity (Wildman–Crippen MR) is 91.2 cm³/mol. The molecule has 134 valence electrons. The molecule has 0 unspecified atom stereocenters. The molecule has 3 aromatic rings. The van der Waals surface area contributed by atoms with Crippen molar-refractivity contribution in [3.05, 3.63) is 60.3 Å². The molecule has 0 bridgehead atoms. The van der Waals surface area contributed by atoms with Crippen LogP contribution in [-0.4, -0.2) is 33.8 Å². The van der Waals surface area contributed by atoms with E-state index >= 15 is 0 Å². The minimum Gasteiger partial charge on any atom is -0.390 e. The number of nitrogens with one attached hydrogen (secondary N) is 1. The van der Waals surface area contributed by atoms with Crippen LogP contribution in [0.3, 0.4) is 0 Å². The fourth-order valence-corrected chi connectivity index (χ4v) is 2.62. The van der Waals surface area contributed by atoms with Gasteiger partial charge in [0, 0.05) is 29.6 Å². The van der Waals surface area contributed by atoms with Crippen LogP contribution in [0.25, 0.3) is 11.3 Å². The standard InChI is InChI=1S/C17H16FN5O3/c18-23-11-22(9-14(23)10-24)13-3-1-12(2-4-13)16-7-15(26-20-16)8-19-17-5-6-25-21-17/h1-7,9,24H,8,10-11H2,(H,19,21). The average molecular weight is 357 g/mol. The molecule has 1 aromatic carbocycles. The van der Waals surface area contributed by atoms with E-state index in [1.54, 1.807) is 17.2 Å². The second-order valence-electron chi connectivity index (χ2n) is 5.72. The van der Waals surface area contributed by atoms with E-state index < -0.39 is 0 Å². The first-order chi connectivity index (χ1) is 12.7. The minimum atomic E-state index is -0.338. The largest absolute Gasteiger partial charge is 0.390 e. The van der Waals surface area contributed by atoms with E-state index in [9.17, 15) is 4.48 Å². The van der Waals surface area contributed by atoms with Gasteiger partial charge in [0.15, 0.2) is 11.6 Å². The zero-order valence-corrected chi connectivity index (χ0v) is 13.7. The Morgan fingerprint density at radius 2 is 2.04 bits per heavy atom. The van der Waals surface area contributed by atoms with Gasteiger partial charge in [0.25, 0.3) is 0 Å². The summed E-state index contributed by atoms with van der Waals surface area (Å²) >= 11 is 0. The summed E-state index contributed by atoms with van der Waals surface area (Å²) in [4.78, 5) is 1.71. The summed E-state index contributed by atoms with van der Waals surface area (Å²) in [6, 6.07) is 11.0. The summed E-state index contributed by atoms with van der Waals surface area (Å²) in [6.45, 7) is 0.151. The first-order valence-corrected chi connectivity index (χ1v) is 7.95. The Morgan fingerprint density at radius 3 is 2.73 bits per heavy atom. The molecule has 8 nitrogen and oxygen atoms in total. The Kier molecular flexibility index (Phi) is 4.28. The van der Waals surface area contributed by atoms with E-state index in [-0.39, 0.29) is 19.0 Å². The molecule has 0 radical (unpaired) electrons. The fraction of sp³-hybridized carbons (Fsp3) is 0.176. The van der Waals surface area contributed by atoms with E-state index in [1.165, 1.54) is 6.26 Å². The van der Waals surface area contributed by atoms with Crippen LogP contribution in [0.4, 0.5) is 16.0 Å². The third-order valence-electron chi connectivity index (χ3n) is 3.99. The third kappa shape index (κ3) is 3.24. The SMILES string of the molecule is OCC1=CN(c2ccc(-c3cc(CNc4ccon4)on3)cc2)CN1F. The van der Waals surface area contributed by atoms with Crippen molar-refractivity contribution < 1.29 is 18.6 Å². The highest BCUT2D eigenvalue weighted by Crippen LogP contribution is 2.27. The minimum absolute atomic E-state index is 0.0526. The van der Waals surface area contributed by atoms with Gasteiger partial charge in [-0.15, -0.1) is 0 Å². The van der Waals surface area contributed by atoms with Crippen molar-refractivity contribution in [3.8, 4) is 11.3 Å². The molecule has 2 N–H and O–H groups in total. The number of aliphatic hydroxyl groups excluding tert-OH is 1. The van der Waals surface area contributed by atoms with Gasteiger partial charge < -0.3 is 24.4 Å². The fourth-order valence-electron chi connectivity index (χ4n) is 2.62. The van der Waals surface area contributed by atoms with Crippen LogP contribution in [-0.2, 0) is 6.54 Å². The summed E-state index contributed by atoms with van der Waals surface area (Å²) in [5.41, 5.74) is 2.63. The molecule has 2 aromatic heterocycles. The molecule has 4 rings (SSSR count). The number of aliphatic hydroxyl groups is 1. The number of anilines is 2. The van der Waals surface area contributed by atoms with E-state index in [0.717, 1.165) is 11.3 Å². The number of benzene rings is 1. The first kappa shape index (κ1) is 16.2. The Hall–Kier alpha value is -3.33. The Bertz CT molecular complexity index is 892. The molecule has 0 aliphatic carbocycles. The molecular weight excluding hydrogens is 341 g/mol. The maximum atomic E-state index is 13.6. The molecule has 0 fully saturated rings. The molecule has 1 aliphatic heterocycles. The van der Waals surface area contributed by atoms with Crippen LogP contribution in [0.2, 0.25) is 0 Å².